The van der Waals surface area contributed by atoms with E-state index in [1.54, 1.807) is 0 Å². The summed E-state index contributed by atoms with van der Waals surface area (Å²) in [6.07, 6.45) is 91.2. The highest BCUT2D eigenvalue weighted by Gasteiger charge is 2.22. The van der Waals surface area contributed by atoms with E-state index in [9.17, 15) is 19.5 Å². The number of carbonyl (C=O) groups is 3. The summed E-state index contributed by atoms with van der Waals surface area (Å²) >= 11 is 0. The first kappa shape index (κ1) is 77.7. The van der Waals surface area contributed by atoms with Crippen molar-refractivity contribution < 1.29 is 42.9 Å². The lowest BCUT2D eigenvalue weighted by Gasteiger charge is -2.26. The third-order valence-electron chi connectivity index (χ3n) is 13.0. The molecule has 0 aromatic rings. The average molecular weight is 1150 g/mol. The number of likely N-dealkylation sites (N-methyl/N-ethyl adjacent to an activating group) is 1. The number of aliphatic carboxylic acids is 1. The van der Waals surface area contributed by atoms with Gasteiger partial charge in [0.15, 0.2) is 12.4 Å². The maximum Gasteiger partial charge on any atom is 0.306 e. The number of carboxylic acid groups (broad SMARTS) is 1. The predicted octanol–water partition coefficient (Wildman–Crippen LogP) is 18.6. The molecule has 9 heteroatoms. The summed E-state index contributed by atoms with van der Waals surface area (Å²) in [4.78, 5) is 37.4. The van der Waals surface area contributed by atoms with E-state index in [4.69, 9.17) is 18.9 Å². The number of carbonyl (C=O) groups excluding carboxylic acids is 3. The first-order chi connectivity index (χ1) is 40.6. The van der Waals surface area contributed by atoms with Crippen LogP contribution in [0.5, 0.6) is 0 Å². The molecule has 0 saturated carbocycles. The molecule has 0 aliphatic carbocycles. The van der Waals surface area contributed by atoms with Gasteiger partial charge in [-0.25, -0.2) is 0 Å². The minimum Gasteiger partial charge on any atom is -0.545 e. The first-order valence-corrected chi connectivity index (χ1v) is 32.3. The Morgan fingerprint density at radius 1 is 0.361 bits per heavy atom. The molecule has 0 aliphatic rings. The molecular weight excluding hydrogens is 1030 g/mol. The maximum absolute atomic E-state index is 12.9. The molecule has 466 valence electrons. The molecule has 2 atom stereocenters. The number of unbranched alkanes of at least 4 members (excludes halogenated alkanes) is 14. The molecule has 0 fully saturated rings. The smallest absolute Gasteiger partial charge is 0.306 e. The number of ether oxygens (including phenoxy) is 4. The van der Waals surface area contributed by atoms with Gasteiger partial charge in [0.1, 0.15) is 13.2 Å². The summed E-state index contributed by atoms with van der Waals surface area (Å²) in [5.41, 5.74) is 0. The second-order valence-electron chi connectivity index (χ2n) is 21.9. The molecule has 0 saturated heterocycles. The Morgan fingerprint density at radius 3 is 0.964 bits per heavy atom. The molecule has 0 rings (SSSR count). The lowest BCUT2D eigenvalue weighted by Crippen LogP contribution is -2.44. The minimum atomic E-state index is -1.64. The van der Waals surface area contributed by atoms with Crippen LogP contribution in [0, 0.1) is 0 Å². The molecule has 0 amide bonds. The van der Waals surface area contributed by atoms with Crippen LogP contribution in [-0.2, 0) is 33.3 Å². The molecular formula is C74H117NO8. The molecule has 0 aromatic carbocycles. The Hall–Kier alpha value is -5.35. The van der Waals surface area contributed by atoms with Crippen LogP contribution in [0.1, 0.15) is 219 Å². The molecule has 0 N–H and O–H groups in total. The van der Waals surface area contributed by atoms with E-state index in [0.717, 1.165) is 141 Å². The second-order valence-corrected chi connectivity index (χ2v) is 21.9. The number of carboxylic acids is 1. The van der Waals surface area contributed by atoms with E-state index in [2.05, 4.69) is 184 Å². The number of rotatable bonds is 57. The zero-order chi connectivity index (χ0) is 60.5. The third-order valence-corrected chi connectivity index (χ3v) is 13.0. The summed E-state index contributed by atoms with van der Waals surface area (Å²) in [5.74, 6) is -2.34. The van der Waals surface area contributed by atoms with Crippen LogP contribution in [0.4, 0.5) is 0 Å². The highest BCUT2D eigenvalue weighted by molar-refractivity contribution is 5.70. The number of hydrogen-bond acceptors (Lipinski definition) is 8. The van der Waals surface area contributed by atoms with Crippen molar-refractivity contribution in [2.24, 2.45) is 0 Å². The van der Waals surface area contributed by atoms with E-state index in [1.807, 2.05) is 21.1 Å². The fourth-order valence-corrected chi connectivity index (χ4v) is 8.08. The topological polar surface area (TPSA) is 111 Å². The van der Waals surface area contributed by atoms with Crippen molar-refractivity contribution in [2.75, 3.05) is 47.5 Å². The van der Waals surface area contributed by atoms with Gasteiger partial charge in [0.25, 0.3) is 0 Å². The molecule has 0 aliphatic heterocycles. The molecule has 0 spiro atoms. The third kappa shape index (κ3) is 64.1. The summed E-state index contributed by atoms with van der Waals surface area (Å²) in [5, 5.41) is 11.8. The maximum atomic E-state index is 12.9. The Morgan fingerprint density at radius 2 is 0.651 bits per heavy atom. The van der Waals surface area contributed by atoms with Crippen molar-refractivity contribution in [1.29, 1.82) is 0 Å². The molecule has 2 unspecified atom stereocenters. The molecule has 0 heterocycles. The number of quaternary nitrogens is 1. The van der Waals surface area contributed by atoms with Gasteiger partial charge >= 0.3 is 11.9 Å². The highest BCUT2D eigenvalue weighted by atomic mass is 16.7. The number of esters is 2. The zero-order valence-electron chi connectivity index (χ0n) is 53.0. The Labute approximate surface area is 507 Å². The van der Waals surface area contributed by atoms with Crippen molar-refractivity contribution in [1.82, 2.24) is 0 Å². The summed E-state index contributed by atoms with van der Waals surface area (Å²) in [6.45, 7) is 4.46. The number of hydrogen-bond donors (Lipinski definition) is 0. The predicted molar refractivity (Wildman–Crippen MR) is 351 cm³/mol. The molecule has 83 heavy (non-hydrogen) atoms. The van der Waals surface area contributed by atoms with Crippen LogP contribution in [0.15, 0.2) is 170 Å². The van der Waals surface area contributed by atoms with Gasteiger partial charge in [0.2, 0.25) is 0 Å². The number of nitrogens with zero attached hydrogens (tertiary/aromatic N) is 1. The van der Waals surface area contributed by atoms with Gasteiger partial charge in [-0.15, -0.1) is 0 Å². The summed E-state index contributed by atoms with van der Waals surface area (Å²) < 4.78 is 22.7. The van der Waals surface area contributed by atoms with Crippen molar-refractivity contribution in [2.45, 2.75) is 232 Å². The van der Waals surface area contributed by atoms with Gasteiger partial charge in [0.05, 0.1) is 40.3 Å². The lowest BCUT2D eigenvalue weighted by atomic mass is 10.0. The van der Waals surface area contributed by atoms with E-state index < -0.39 is 24.3 Å². The van der Waals surface area contributed by atoms with Gasteiger partial charge in [0, 0.05) is 12.8 Å². The minimum absolute atomic E-state index is 0.133. The summed E-state index contributed by atoms with van der Waals surface area (Å²) in [7, 11) is 5.90. The SMILES string of the molecule is CC/C=C\C/C=C\C/C=C\C/C=C\C/C=C\C/C=C\C/C=C\C/C=C\CCCCCCCCCCCCC(=O)OC(COC(=O)CCCCCC/C=C\C/C=C\C/C=C\C/C=C\C/C=C\C/C=C\CC)COC(OCC[N+](C)(C)C)C(=O)[O-]. The molecule has 9 nitrogen and oxygen atoms in total. The van der Waals surface area contributed by atoms with Crippen molar-refractivity contribution >= 4 is 17.9 Å². The zero-order valence-corrected chi connectivity index (χ0v) is 53.0. The van der Waals surface area contributed by atoms with Crippen molar-refractivity contribution in [3.8, 4) is 0 Å². The normalized spacial score (nSPS) is 13.9. The molecule has 0 radical (unpaired) electrons. The molecule has 0 bridgehead atoms. The van der Waals surface area contributed by atoms with Crippen LogP contribution < -0.4 is 5.11 Å². The average Bonchev–Trinajstić information content (AvgIpc) is 3.46. The lowest BCUT2D eigenvalue weighted by molar-refractivity contribution is -0.870. The van der Waals surface area contributed by atoms with Crippen LogP contribution in [0.2, 0.25) is 0 Å². The van der Waals surface area contributed by atoms with E-state index in [-0.39, 0.29) is 38.6 Å². The standard InChI is InChI=1S/C74H117NO8/c1-6-8-10-12-14-16-18-20-22-24-26-28-30-31-32-33-34-35-36-37-38-39-40-41-43-45-47-49-51-53-55-57-59-61-63-65-72(77)83-70(69-82-74(73(78)79)80-67-66-75(3,4)5)68-81-71(76)64-62-60-58-56-54-52-50-48-46-44-42-29-27-25-23-21-19-17-15-13-11-9-7-2/h8-11,14-17,20-23,26-29,31-32,34-35,37-38,40-41,44,46,50,52,70,74H,6-7,12-13,18-19,24-25,30,33,36,39,42-43,45,47-49,51,53-69H2,1-5H3/b10-8-,11-9-,16-14-,17-15-,22-20-,23-21-,28-26-,29-27-,32-31-,35-34-,38-37-,41-40-,46-44-,52-50-. The van der Waals surface area contributed by atoms with Gasteiger partial charge in [-0.05, 0) is 128 Å². The first-order valence-electron chi connectivity index (χ1n) is 32.3. The van der Waals surface area contributed by atoms with Crippen LogP contribution in [0.3, 0.4) is 0 Å². The van der Waals surface area contributed by atoms with Gasteiger partial charge in [-0.2, -0.15) is 0 Å². The largest absolute Gasteiger partial charge is 0.545 e. The Bertz CT molecular complexity index is 1960. The van der Waals surface area contributed by atoms with Crippen LogP contribution >= 0.6 is 0 Å². The van der Waals surface area contributed by atoms with Gasteiger partial charge < -0.3 is 33.3 Å². The van der Waals surface area contributed by atoms with Gasteiger partial charge in [-0.3, -0.25) is 9.59 Å². The quantitative estimate of drug-likeness (QED) is 0.0195. The van der Waals surface area contributed by atoms with Gasteiger partial charge in [-0.1, -0.05) is 248 Å². The second kappa shape index (κ2) is 62.7. The van der Waals surface area contributed by atoms with Crippen LogP contribution in [-0.4, -0.2) is 82.3 Å². The van der Waals surface area contributed by atoms with E-state index in [0.29, 0.717) is 23.9 Å². The van der Waals surface area contributed by atoms with Crippen molar-refractivity contribution in [3.05, 3.63) is 170 Å². The molecule has 0 aromatic heterocycles. The Kier molecular flexibility index (Phi) is 58.6. The van der Waals surface area contributed by atoms with Crippen molar-refractivity contribution in [3.63, 3.8) is 0 Å². The monoisotopic (exact) mass is 1150 g/mol. The highest BCUT2D eigenvalue weighted by Crippen LogP contribution is 2.14. The number of allylic oxidation sites excluding steroid dienone is 28. The fourth-order valence-electron chi connectivity index (χ4n) is 8.08. The fraction of sp³-hybridized carbons (Fsp3) is 0.581. The summed E-state index contributed by atoms with van der Waals surface area (Å²) in [6, 6.07) is 0. The Balaban J connectivity index is 4.27. The van der Waals surface area contributed by atoms with E-state index in [1.165, 1.54) is 38.5 Å². The van der Waals surface area contributed by atoms with E-state index >= 15 is 0 Å². The van der Waals surface area contributed by atoms with Crippen LogP contribution in [0.25, 0.3) is 0 Å².